The van der Waals surface area contributed by atoms with Gasteiger partial charge in [-0.1, -0.05) is 0 Å². The lowest BCUT2D eigenvalue weighted by Crippen LogP contribution is -2.35. The maximum absolute atomic E-state index is 8.77. The Morgan fingerprint density at radius 2 is 1.69 bits per heavy atom. The van der Waals surface area contributed by atoms with Gasteiger partial charge in [-0.2, -0.15) is 5.26 Å². The molecule has 0 aliphatic carbocycles. The molecule has 2 N–H and O–H groups in total. The Hall–Kier alpha value is -0.630. The van der Waals surface area contributed by atoms with Crippen LogP contribution in [0.2, 0.25) is 0 Å². The van der Waals surface area contributed by atoms with Crippen LogP contribution in [-0.2, 0) is 0 Å². The second-order valence-corrected chi connectivity index (χ2v) is 5.09. The van der Waals surface area contributed by atoms with Crippen molar-refractivity contribution in [2.24, 2.45) is 5.73 Å². The molecule has 16 heavy (non-hydrogen) atoms. The van der Waals surface area contributed by atoms with Gasteiger partial charge in [-0.3, -0.25) is 0 Å². The molecule has 0 fully saturated rings. The second kappa shape index (κ2) is 7.61. The van der Waals surface area contributed by atoms with Crippen LogP contribution in [0.15, 0.2) is 0 Å². The van der Waals surface area contributed by atoms with Crippen LogP contribution in [0.25, 0.3) is 0 Å². The smallest absolute Gasteiger partial charge is 0.101 e. The number of nitriles is 1. The molecule has 1 unspecified atom stereocenters. The summed E-state index contributed by atoms with van der Waals surface area (Å²) in [6, 6.07) is 2.13. The Morgan fingerprint density at radius 3 is 2.19 bits per heavy atom. The van der Waals surface area contributed by atoms with Gasteiger partial charge >= 0.3 is 0 Å². The molecule has 0 aromatic heterocycles. The Balaban J connectivity index is 3.52. The molecular formula is C12H26N4. The first-order valence-electron chi connectivity index (χ1n) is 5.91. The molecule has 0 saturated heterocycles. The van der Waals surface area contributed by atoms with Crippen molar-refractivity contribution in [2.75, 3.05) is 40.8 Å². The van der Waals surface area contributed by atoms with Crippen molar-refractivity contribution in [2.45, 2.75) is 31.7 Å². The summed E-state index contributed by atoms with van der Waals surface area (Å²) in [7, 11) is 6.30. The van der Waals surface area contributed by atoms with Gasteiger partial charge in [0.05, 0.1) is 6.07 Å². The Kier molecular flexibility index (Phi) is 7.31. The van der Waals surface area contributed by atoms with Gasteiger partial charge in [0.1, 0.15) is 5.54 Å². The first kappa shape index (κ1) is 15.4. The number of hydrogen-bond donors (Lipinski definition) is 1. The summed E-state index contributed by atoms with van der Waals surface area (Å²) in [6.07, 6.45) is 2.93. The van der Waals surface area contributed by atoms with Crippen LogP contribution >= 0.6 is 0 Å². The molecule has 4 heteroatoms. The summed E-state index contributed by atoms with van der Waals surface area (Å²) in [5.41, 5.74) is 5.09. The Labute approximate surface area is 100 Å². The first-order chi connectivity index (χ1) is 7.37. The maximum atomic E-state index is 8.77. The van der Waals surface area contributed by atoms with Crippen molar-refractivity contribution in [1.82, 2.24) is 9.80 Å². The van der Waals surface area contributed by atoms with Gasteiger partial charge in [-0.25, -0.2) is 0 Å². The van der Waals surface area contributed by atoms with Crippen molar-refractivity contribution in [3.63, 3.8) is 0 Å². The van der Waals surface area contributed by atoms with Gasteiger partial charge in [-0.05, 0) is 67.0 Å². The van der Waals surface area contributed by atoms with Crippen LogP contribution < -0.4 is 5.73 Å². The molecule has 0 bridgehead atoms. The number of nitrogens with two attached hydrogens (primary N) is 1. The van der Waals surface area contributed by atoms with E-state index in [0.29, 0.717) is 0 Å². The van der Waals surface area contributed by atoms with E-state index in [0.717, 1.165) is 32.5 Å². The van der Waals surface area contributed by atoms with E-state index in [1.807, 2.05) is 0 Å². The van der Waals surface area contributed by atoms with Crippen molar-refractivity contribution in [3.05, 3.63) is 0 Å². The number of nitrogens with zero attached hydrogens (tertiary/aromatic N) is 3. The van der Waals surface area contributed by atoms with E-state index in [9.17, 15) is 0 Å². The van der Waals surface area contributed by atoms with E-state index in [2.05, 4.69) is 37.0 Å². The molecule has 1 atom stereocenters. The van der Waals surface area contributed by atoms with Crippen molar-refractivity contribution < 1.29 is 0 Å². The lowest BCUT2D eigenvalue weighted by atomic mass is 9.99. The highest BCUT2D eigenvalue weighted by Crippen LogP contribution is 2.07. The third-order valence-corrected chi connectivity index (χ3v) is 2.64. The fraction of sp³-hybridized carbons (Fsp3) is 0.917. The van der Waals surface area contributed by atoms with E-state index >= 15 is 0 Å². The van der Waals surface area contributed by atoms with Gasteiger partial charge in [0.25, 0.3) is 0 Å². The van der Waals surface area contributed by atoms with Gasteiger partial charge < -0.3 is 15.5 Å². The summed E-state index contributed by atoms with van der Waals surface area (Å²) in [5.74, 6) is 0. The Bertz CT molecular complexity index is 218. The van der Waals surface area contributed by atoms with Crippen LogP contribution in [0, 0.1) is 11.3 Å². The SMILES string of the molecule is CN(C)CCCN(C)CCCC(C)(N)C#N. The molecule has 0 saturated carbocycles. The summed E-state index contributed by atoms with van der Waals surface area (Å²) in [4.78, 5) is 4.50. The second-order valence-electron chi connectivity index (χ2n) is 5.09. The zero-order valence-electron chi connectivity index (χ0n) is 11.2. The van der Waals surface area contributed by atoms with Crippen LogP contribution in [0.4, 0.5) is 0 Å². The van der Waals surface area contributed by atoms with Gasteiger partial charge in [0, 0.05) is 0 Å². The highest BCUT2D eigenvalue weighted by atomic mass is 15.1. The first-order valence-corrected chi connectivity index (χ1v) is 5.91. The third kappa shape index (κ3) is 8.66. The zero-order chi connectivity index (χ0) is 12.6. The lowest BCUT2D eigenvalue weighted by Gasteiger charge is -2.20. The molecule has 4 nitrogen and oxygen atoms in total. The summed E-state index contributed by atoms with van der Waals surface area (Å²) < 4.78 is 0. The number of hydrogen-bond acceptors (Lipinski definition) is 4. The van der Waals surface area contributed by atoms with Gasteiger partial charge in [0.15, 0.2) is 0 Å². The molecule has 0 heterocycles. The molecule has 0 aliphatic rings. The average Bonchev–Trinajstić information content (AvgIpc) is 2.17. The minimum atomic E-state index is -0.662. The minimum Gasteiger partial charge on any atom is -0.314 e. The van der Waals surface area contributed by atoms with Crippen molar-refractivity contribution >= 4 is 0 Å². The number of rotatable bonds is 8. The van der Waals surface area contributed by atoms with Crippen LogP contribution in [0.3, 0.4) is 0 Å². The van der Waals surface area contributed by atoms with Crippen LogP contribution in [-0.4, -0.2) is 56.1 Å². The van der Waals surface area contributed by atoms with E-state index in [-0.39, 0.29) is 0 Å². The molecule has 0 amide bonds. The summed E-state index contributed by atoms with van der Waals surface area (Å²) in [5, 5.41) is 8.77. The highest BCUT2D eigenvalue weighted by Gasteiger charge is 2.16. The fourth-order valence-electron chi connectivity index (χ4n) is 1.54. The van der Waals surface area contributed by atoms with Crippen molar-refractivity contribution in [3.8, 4) is 6.07 Å². The topological polar surface area (TPSA) is 56.3 Å². The molecule has 0 radical (unpaired) electrons. The fourth-order valence-corrected chi connectivity index (χ4v) is 1.54. The zero-order valence-corrected chi connectivity index (χ0v) is 11.2. The summed E-state index contributed by atoms with van der Waals surface area (Å²) >= 11 is 0. The van der Waals surface area contributed by atoms with Gasteiger partial charge in [0.2, 0.25) is 0 Å². The minimum absolute atomic E-state index is 0.662. The monoisotopic (exact) mass is 226 g/mol. The van der Waals surface area contributed by atoms with E-state index in [1.165, 1.54) is 6.42 Å². The molecule has 94 valence electrons. The predicted octanol–water partition coefficient (Wildman–Crippen LogP) is 0.891. The van der Waals surface area contributed by atoms with E-state index in [4.69, 9.17) is 11.0 Å². The van der Waals surface area contributed by atoms with E-state index in [1.54, 1.807) is 6.92 Å². The molecule has 0 aromatic rings. The standard InChI is InChI=1S/C12H26N4/c1-12(14,11-13)7-5-9-16(4)10-6-8-15(2)3/h5-10,14H2,1-4H3. The molecule has 0 spiro atoms. The molecule has 0 aromatic carbocycles. The van der Waals surface area contributed by atoms with Crippen LogP contribution in [0.1, 0.15) is 26.2 Å². The summed E-state index contributed by atoms with van der Waals surface area (Å²) in [6.45, 7) is 5.03. The normalized spacial score (nSPS) is 15.1. The van der Waals surface area contributed by atoms with Gasteiger partial charge in [-0.15, -0.1) is 0 Å². The Morgan fingerprint density at radius 1 is 1.12 bits per heavy atom. The van der Waals surface area contributed by atoms with Crippen LogP contribution in [0.5, 0.6) is 0 Å². The largest absolute Gasteiger partial charge is 0.314 e. The molecular weight excluding hydrogens is 200 g/mol. The average molecular weight is 226 g/mol. The maximum Gasteiger partial charge on any atom is 0.101 e. The third-order valence-electron chi connectivity index (χ3n) is 2.64. The molecule has 0 rings (SSSR count). The quantitative estimate of drug-likeness (QED) is 0.668. The lowest BCUT2D eigenvalue weighted by molar-refractivity contribution is 0.289. The van der Waals surface area contributed by atoms with E-state index < -0.39 is 5.54 Å². The predicted molar refractivity (Wildman–Crippen MR) is 68.1 cm³/mol. The van der Waals surface area contributed by atoms with Crippen molar-refractivity contribution in [1.29, 1.82) is 5.26 Å². The molecule has 0 aliphatic heterocycles. The highest BCUT2D eigenvalue weighted by molar-refractivity contribution is 5.00.